The summed E-state index contributed by atoms with van der Waals surface area (Å²) in [7, 11) is 1.57. The summed E-state index contributed by atoms with van der Waals surface area (Å²) in [6.45, 7) is 2.50. The molecule has 1 aliphatic heterocycles. The summed E-state index contributed by atoms with van der Waals surface area (Å²) in [5, 5.41) is 7.44. The number of nitrogens with two attached hydrogens (primary N) is 1. The summed E-state index contributed by atoms with van der Waals surface area (Å²) >= 11 is 0. The highest BCUT2D eigenvalue weighted by Gasteiger charge is 2.30. The fourth-order valence-corrected chi connectivity index (χ4v) is 3.35. The van der Waals surface area contributed by atoms with Gasteiger partial charge in [-0.15, -0.1) is 0 Å². The predicted octanol–water partition coefficient (Wildman–Crippen LogP) is 3.30. The van der Waals surface area contributed by atoms with Crippen LogP contribution in [0.5, 0.6) is 5.75 Å². The third-order valence-electron chi connectivity index (χ3n) is 5.09. The van der Waals surface area contributed by atoms with Crippen LogP contribution in [0, 0.1) is 11.6 Å². The quantitative estimate of drug-likeness (QED) is 0.699. The lowest BCUT2D eigenvalue weighted by molar-refractivity contribution is 0.403. The van der Waals surface area contributed by atoms with Gasteiger partial charge in [-0.2, -0.15) is 5.10 Å². The van der Waals surface area contributed by atoms with Gasteiger partial charge in [0, 0.05) is 12.0 Å². The minimum absolute atomic E-state index is 0.0710. The molecule has 4 heterocycles. The Balaban J connectivity index is 0.000000294. The van der Waals surface area contributed by atoms with E-state index >= 15 is 0 Å². The van der Waals surface area contributed by atoms with Crippen molar-refractivity contribution in [1.82, 2.24) is 24.9 Å². The number of nitrogens with zero attached hydrogens (tertiary/aromatic N) is 4. The van der Waals surface area contributed by atoms with E-state index in [0.717, 1.165) is 18.5 Å². The van der Waals surface area contributed by atoms with E-state index in [1.807, 2.05) is 0 Å². The Bertz CT molecular complexity index is 1000. The van der Waals surface area contributed by atoms with E-state index in [2.05, 4.69) is 20.4 Å². The maximum absolute atomic E-state index is 14.1. The first-order valence-corrected chi connectivity index (χ1v) is 9.83. The molecule has 0 unspecified atom stereocenters. The fourth-order valence-electron chi connectivity index (χ4n) is 3.35. The second kappa shape index (κ2) is 8.28. The molecule has 29 heavy (non-hydrogen) atoms. The maximum Gasteiger partial charge on any atom is 0.168 e. The predicted molar refractivity (Wildman–Crippen MR) is 106 cm³/mol. The van der Waals surface area contributed by atoms with Crippen molar-refractivity contribution < 1.29 is 13.5 Å². The Kier molecular flexibility index (Phi) is 5.57. The monoisotopic (exact) mass is 402 g/mol. The molecule has 0 aromatic carbocycles. The largest absolute Gasteiger partial charge is 0.493 e. The maximum atomic E-state index is 14.1. The molecule has 5 rings (SSSR count). The smallest absolute Gasteiger partial charge is 0.168 e. The lowest BCUT2D eigenvalue weighted by Gasteiger charge is -2.08. The van der Waals surface area contributed by atoms with Crippen LogP contribution in [0.3, 0.4) is 0 Å². The molecular weight excluding hydrogens is 378 g/mol. The molecular formula is C20H24F2N6O. The topological polar surface area (TPSA) is 90.4 Å². The zero-order valence-electron chi connectivity index (χ0n) is 16.3. The number of rotatable bonds is 3. The zero-order valence-corrected chi connectivity index (χ0v) is 16.3. The van der Waals surface area contributed by atoms with E-state index in [0.29, 0.717) is 28.9 Å². The third kappa shape index (κ3) is 4.14. The molecule has 2 fully saturated rings. The molecule has 0 radical (unpaired) electrons. The Morgan fingerprint density at radius 2 is 1.90 bits per heavy atom. The second-order valence-electron chi connectivity index (χ2n) is 7.29. The van der Waals surface area contributed by atoms with Crippen LogP contribution in [0.2, 0.25) is 0 Å². The van der Waals surface area contributed by atoms with Crippen molar-refractivity contribution >= 4 is 11.5 Å². The van der Waals surface area contributed by atoms with E-state index in [9.17, 15) is 8.78 Å². The van der Waals surface area contributed by atoms with Crippen LogP contribution in [0.4, 0.5) is 14.6 Å². The first-order valence-electron chi connectivity index (χ1n) is 9.83. The molecule has 9 heteroatoms. The van der Waals surface area contributed by atoms with Crippen LogP contribution in [0.25, 0.3) is 16.9 Å². The molecule has 154 valence electrons. The summed E-state index contributed by atoms with van der Waals surface area (Å²) in [5.41, 5.74) is 6.99. The Morgan fingerprint density at radius 3 is 2.48 bits per heavy atom. The second-order valence-corrected chi connectivity index (χ2v) is 7.29. The van der Waals surface area contributed by atoms with Crippen LogP contribution in [-0.2, 0) is 0 Å². The van der Waals surface area contributed by atoms with Crippen molar-refractivity contribution in [2.75, 3.05) is 25.9 Å². The van der Waals surface area contributed by atoms with Gasteiger partial charge in [-0.3, -0.25) is 0 Å². The van der Waals surface area contributed by atoms with Crippen LogP contribution >= 0.6 is 0 Å². The first kappa shape index (κ1) is 19.5. The van der Waals surface area contributed by atoms with Gasteiger partial charge in [-0.05, 0) is 38.8 Å². The lowest BCUT2D eigenvalue weighted by atomic mass is 10.2. The van der Waals surface area contributed by atoms with Crippen LogP contribution in [-0.4, -0.2) is 39.8 Å². The van der Waals surface area contributed by atoms with E-state index in [1.54, 1.807) is 13.3 Å². The number of hydrogen-bond donors (Lipinski definition) is 2. The zero-order chi connectivity index (χ0) is 20.4. The average Bonchev–Trinajstić information content (AvgIpc) is 3.51. The van der Waals surface area contributed by atoms with Gasteiger partial charge in [0.25, 0.3) is 0 Å². The van der Waals surface area contributed by atoms with Crippen molar-refractivity contribution in [3.8, 4) is 17.0 Å². The highest BCUT2D eigenvalue weighted by atomic mass is 19.1. The molecule has 1 saturated heterocycles. The van der Waals surface area contributed by atoms with Gasteiger partial charge in [0.15, 0.2) is 28.8 Å². The average molecular weight is 402 g/mol. The minimum atomic E-state index is -0.893. The number of methoxy groups -OCH3 is 1. The molecule has 1 aliphatic carbocycles. The van der Waals surface area contributed by atoms with E-state index in [4.69, 9.17) is 10.5 Å². The standard InChI is InChI=1S/C15H13F2N5O.C5H11N/c1-23-11-6-22-15(21-12(11)7-2-3-7)8(5-19-22)13-9(16)4-10(17)14(18)20-13;1-2-4-6-5-3-1/h4-7H,2-3H2,1H3,(H2,18,20);6H,1-5H2. The fraction of sp³-hybridized carbons (Fsp3) is 0.450. The van der Waals surface area contributed by atoms with E-state index in [1.165, 1.54) is 43.1 Å². The molecule has 3 aromatic rings. The normalized spacial score (nSPS) is 16.4. The Hall–Kier alpha value is -2.81. The number of hydrogen-bond acceptors (Lipinski definition) is 6. The Morgan fingerprint density at radius 1 is 1.14 bits per heavy atom. The van der Waals surface area contributed by atoms with Crippen molar-refractivity contribution in [2.45, 2.75) is 38.0 Å². The first-order chi connectivity index (χ1) is 14.1. The number of nitrogens with one attached hydrogen (secondary N) is 1. The number of piperidine rings is 1. The molecule has 1 saturated carbocycles. The number of pyridine rings is 1. The van der Waals surface area contributed by atoms with Gasteiger partial charge in [0.05, 0.1) is 30.8 Å². The number of ether oxygens (including phenoxy) is 1. The molecule has 0 bridgehead atoms. The summed E-state index contributed by atoms with van der Waals surface area (Å²) in [4.78, 5) is 8.37. The molecule has 2 aliphatic rings. The lowest BCUT2D eigenvalue weighted by Crippen LogP contribution is -2.21. The van der Waals surface area contributed by atoms with Gasteiger partial charge in [-0.25, -0.2) is 23.3 Å². The van der Waals surface area contributed by atoms with E-state index < -0.39 is 11.6 Å². The number of nitrogen functional groups attached to an aromatic ring is 1. The molecule has 0 spiro atoms. The minimum Gasteiger partial charge on any atom is -0.493 e. The molecule has 3 N–H and O–H groups in total. The van der Waals surface area contributed by atoms with Crippen LogP contribution < -0.4 is 15.8 Å². The molecule has 7 nitrogen and oxygen atoms in total. The van der Waals surface area contributed by atoms with Crippen molar-refractivity contribution in [3.63, 3.8) is 0 Å². The number of aromatic nitrogens is 4. The summed E-state index contributed by atoms with van der Waals surface area (Å²) < 4.78 is 34.2. The highest BCUT2D eigenvalue weighted by Crippen LogP contribution is 2.43. The summed E-state index contributed by atoms with van der Waals surface area (Å²) in [6, 6.07) is 0.715. The number of anilines is 1. The SMILES string of the molecule is C1CCNCC1.COc1cn2ncc(-c3nc(N)c(F)cc3F)c2nc1C1CC1. The van der Waals surface area contributed by atoms with Gasteiger partial charge in [0.2, 0.25) is 0 Å². The highest BCUT2D eigenvalue weighted by molar-refractivity contribution is 5.76. The van der Waals surface area contributed by atoms with Gasteiger partial charge in [0.1, 0.15) is 5.69 Å². The summed E-state index contributed by atoms with van der Waals surface area (Å²) in [6.07, 6.45) is 9.43. The molecule has 0 amide bonds. The number of halogens is 2. The van der Waals surface area contributed by atoms with E-state index in [-0.39, 0.29) is 11.5 Å². The van der Waals surface area contributed by atoms with Crippen molar-refractivity contribution in [2.24, 2.45) is 0 Å². The van der Waals surface area contributed by atoms with Crippen molar-refractivity contribution in [3.05, 3.63) is 35.8 Å². The molecule has 3 aromatic heterocycles. The van der Waals surface area contributed by atoms with Crippen LogP contribution in [0.15, 0.2) is 18.5 Å². The van der Waals surface area contributed by atoms with Crippen molar-refractivity contribution in [1.29, 1.82) is 0 Å². The van der Waals surface area contributed by atoms with Gasteiger partial charge < -0.3 is 15.8 Å². The van der Waals surface area contributed by atoms with Gasteiger partial charge >= 0.3 is 0 Å². The molecule has 0 atom stereocenters. The Labute approximate surface area is 167 Å². The number of fused-ring (bicyclic) bond motifs is 1. The van der Waals surface area contributed by atoms with Crippen LogP contribution in [0.1, 0.15) is 43.7 Å². The summed E-state index contributed by atoms with van der Waals surface area (Å²) in [5.74, 6) is -1.08. The van der Waals surface area contributed by atoms with Gasteiger partial charge in [-0.1, -0.05) is 6.42 Å². The third-order valence-corrected chi connectivity index (χ3v) is 5.09.